The lowest BCUT2D eigenvalue weighted by molar-refractivity contribution is -0.162. The standard InChI is InChI=1S/C36H49N3O7/c1-5-6-12-19-38-20-13-18-36-30(33(42)39(32(36)34(38)43)26(22-40)21-23(2)3)29-27(46-36)16-10-11-17-28(41)37-24(4)31(45-35(29)44)25-14-8-7-9-15-25/h7-10,13-16,18,23-24,26-27,29-32,40H,5-6,11-12,17,19-22H2,1-4H3,(H,37,41)/b16-10-/t24-,26-,27-,29+,30+,31+,32-,36+/m1/s1. The van der Waals surface area contributed by atoms with Crippen molar-refractivity contribution in [2.45, 2.75) is 102 Å². The molecule has 0 aliphatic carbocycles. The van der Waals surface area contributed by atoms with E-state index in [2.05, 4.69) is 12.2 Å². The number of ether oxygens (including phenoxy) is 2. The predicted octanol–water partition coefficient (Wildman–Crippen LogP) is 3.70. The summed E-state index contributed by atoms with van der Waals surface area (Å²) in [7, 11) is 0. The van der Waals surface area contributed by atoms with Crippen molar-refractivity contribution in [2.24, 2.45) is 17.8 Å². The number of likely N-dealkylation sites (tertiary alicyclic amines) is 1. The average Bonchev–Trinajstić information content (AvgIpc) is 3.42. The van der Waals surface area contributed by atoms with Crippen LogP contribution in [0, 0.1) is 17.8 Å². The number of aliphatic hydroxyl groups excluding tert-OH is 1. The number of fused-ring (bicyclic) bond motifs is 2. The van der Waals surface area contributed by atoms with Gasteiger partial charge in [-0.1, -0.05) is 88.2 Å². The van der Waals surface area contributed by atoms with Gasteiger partial charge in [-0.05, 0) is 37.7 Å². The van der Waals surface area contributed by atoms with Crippen LogP contribution >= 0.6 is 0 Å². The SMILES string of the molecule is CCCCCN1CC=C[C@]23O[C@@H]4/C=C\CCC(=O)N[C@H](C)[C@@H](c5ccccc5)OC(=O)[C@@H]4[C@H]2C(=O)N([C@@H](CO)CC(C)C)[C@@H]3C1=O. The Hall–Kier alpha value is -3.50. The normalized spacial score (nSPS) is 32.9. The third-order valence-corrected chi connectivity index (χ3v) is 9.74. The topological polar surface area (TPSA) is 125 Å². The van der Waals surface area contributed by atoms with Gasteiger partial charge in [-0.2, -0.15) is 0 Å². The quantitative estimate of drug-likeness (QED) is 0.241. The molecule has 4 aliphatic rings. The summed E-state index contributed by atoms with van der Waals surface area (Å²) < 4.78 is 13.0. The Kier molecular flexibility index (Phi) is 10.7. The average molecular weight is 636 g/mol. The number of nitrogens with one attached hydrogen (secondary N) is 1. The van der Waals surface area contributed by atoms with Crippen LogP contribution < -0.4 is 5.32 Å². The van der Waals surface area contributed by atoms with Crippen LogP contribution in [-0.4, -0.2) is 88.1 Å². The van der Waals surface area contributed by atoms with Crippen LogP contribution in [0.3, 0.4) is 0 Å². The van der Waals surface area contributed by atoms with Gasteiger partial charge in [0.2, 0.25) is 17.7 Å². The summed E-state index contributed by atoms with van der Waals surface area (Å²) in [4.78, 5) is 59.7. The Balaban J connectivity index is 1.60. The predicted molar refractivity (Wildman–Crippen MR) is 172 cm³/mol. The largest absolute Gasteiger partial charge is 0.455 e. The van der Waals surface area contributed by atoms with Crippen molar-refractivity contribution in [1.82, 2.24) is 15.1 Å². The number of amides is 3. The fourth-order valence-electron chi connectivity index (χ4n) is 7.66. The van der Waals surface area contributed by atoms with Crippen molar-refractivity contribution < 1.29 is 33.8 Å². The number of esters is 1. The van der Waals surface area contributed by atoms with Gasteiger partial charge in [0.1, 0.15) is 23.7 Å². The van der Waals surface area contributed by atoms with E-state index in [9.17, 15) is 24.3 Å². The third-order valence-electron chi connectivity index (χ3n) is 9.74. The molecule has 2 fully saturated rings. The van der Waals surface area contributed by atoms with Gasteiger partial charge in [0, 0.05) is 19.5 Å². The second-order valence-electron chi connectivity index (χ2n) is 13.5. The highest BCUT2D eigenvalue weighted by atomic mass is 16.6. The smallest absolute Gasteiger partial charge is 0.313 e. The molecule has 5 rings (SSSR count). The summed E-state index contributed by atoms with van der Waals surface area (Å²) in [6.07, 6.45) is 9.50. The van der Waals surface area contributed by atoms with E-state index in [4.69, 9.17) is 9.47 Å². The third kappa shape index (κ3) is 6.51. The number of aliphatic hydroxyl groups is 1. The molecule has 2 saturated heterocycles. The van der Waals surface area contributed by atoms with Crippen LogP contribution in [0.1, 0.15) is 77.9 Å². The molecule has 250 valence electrons. The number of nitrogens with zero attached hydrogens (tertiary/aromatic N) is 2. The number of rotatable bonds is 9. The maximum absolute atomic E-state index is 14.7. The van der Waals surface area contributed by atoms with Crippen LogP contribution in [0.5, 0.6) is 0 Å². The summed E-state index contributed by atoms with van der Waals surface area (Å²) in [5, 5.41) is 13.6. The highest BCUT2D eigenvalue weighted by molar-refractivity contribution is 5.99. The van der Waals surface area contributed by atoms with E-state index < -0.39 is 53.7 Å². The van der Waals surface area contributed by atoms with E-state index in [0.29, 0.717) is 31.5 Å². The highest BCUT2D eigenvalue weighted by Gasteiger charge is 2.72. The zero-order valence-corrected chi connectivity index (χ0v) is 27.5. The van der Waals surface area contributed by atoms with Gasteiger partial charge in [0.05, 0.1) is 30.7 Å². The van der Waals surface area contributed by atoms with Crippen molar-refractivity contribution in [3.05, 3.63) is 60.2 Å². The molecule has 0 saturated carbocycles. The van der Waals surface area contributed by atoms with Crippen LogP contribution in [0.25, 0.3) is 0 Å². The van der Waals surface area contributed by atoms with Gasteiger partial charge in [-0.3, -0.25) is 19.2 Å². The molecule has 0 radical (unpaired) electrons. The molecule has 10 nitrogen and oxygen atoms in total. The summed E-state index contributed by atoms with van der Waals surface area (Å²) >= 11 is 0. The maximum Gasteiger partial charge on any atom is 0.313 e. The number of cyclic esters (lactones) is 1. The summed E-state index contributed by atoms with van der Waals surface area (Å²) in [6, 6.07) is 7.02. The fourth-order valence-corrected chi connectivity index (χ4v) is 7.66. The molecule has 4 heterocycles. The minimum atomic E-state index is -1.43. The van der Waals surface area contributed by atoms with Crippen molar-refractivity contribution in [3.8, 4) is 0 Å². The minimum absolute atomic E-state index is 0.143. The second-order valence-corrected chi connectivity index (χ2v) is 13.5. The lowest BCUT2D eigenvalue weighted by Gasteiger charge is -2.39. The molecule has 0 bridgehead atoms. The van der Waals surface area contributed by atoms with E-state index in [1.165, 1.54) is 4.90 Å². The molecule has 1 aromatic carbocycles. The van der Waals surface area contributed by atoms with Crippen LogP contribution in [0.2, 0.25) is 0 Å². The molecule has 2 N–H and O–H groups in total. The monoisotopic (exact) mass is 635 g/mol. The summed E-state index contributed by atoms with van der Waals surface area (Å²) in [6.45, 7) is 8.51. The van der Waals surface area contributed by atoms with E-state index in [1.807, 2.05) is 56.3 Å². The van der Waals surface area contributed by atoms with Crippen molar-refractivity contribution in [2.75, 3.05) is 19.7 Å². The first-order valence-electron chi connectivity index (χ1n) is 16.9. The van der Waals surface area contributed by atoms with Gasteiger partial charge in [0.15, 0.2) is 0 Å². The Morgan fingerprint density at radius 3 is 2.52 bits per heavy atom. The first kappa shape index (κ1) is 33.9. The highest BCUT2D eigenvalue weighted by Crippen LogP contribution is 2.54. The molecule has 0 unspecified atom stereocenters. The minimum Gasteiger partial charge on any atom is -0.455 e. The molecule has 4 aliphatic heterocycles. The van der Waals surface area contributed by atoms with Gasteiger partial charge < -0.3 is 29.7 Å². The molecule has 10 heteroatoms. The number of carbonyl (C=O) groups excluding carboxylic acids is 4. The van der Waals surface area contributed by atoms with E-state index in [-0.39, 0.29) is 36.7 Å². The number of hydrogen-bond acceptors (Lipinski definition) is 7. The van der Waals surface area contributed by atoms with Crippen molar-refractivity contribution in [3.63, 3.8) is 0 Å². The molecule has 8 atom stereocenters. The number of unbranched alkanes of at least 4 members (excludes halogenated alkanes) is 2. The van der Waals surface area contributed by atoms with E-state index >= 15 is 0 Å². The Labute approximate surface area is 272 Å². The fraction of sp³-hybridized carbons (Fsp3) is 0.611. The lowest BCUT2D eigenvalue weighted by atomic mass is 9.77. The summed E-state index contributed by atoms with van der Waals surface area (Å²) in [5.74, 6) is -3.37. The second kappa shape index (κ2) is 14.5. The molecular formula is C36H49N3O7. The molecule has 3 amide bonds. The van der Waals surface area contributed by atoms with Crippen LogP contribution in [0.4, 0.5) is 0 Å². The number of benzene rings is 1. The number of allylic oxidation sites excluding steroid dienone is 1. The first-order valence-corrected chi connectivity index (χ1v) is 16.9. The van der Waals surface area contributed by atoms with Crippen molar-refractivity contribution >= 4 is 23.7 Å². The molecular weight excluding hydrogens is 586 g/mol. The van der Waals surface area contributed by atoms with E-state index in [1.54, 1.807) is 24.0 Å². The van der Waals surface area contributed by atoms with Gasteiger partial charge >= 0.3 is 5.97 Å². The molecule has 0 aromatic heterocycles. The number of hydrogen-bond donors (Lipinski definition) is 2. The van der Waals surface area contributed by atoms with Gasteiger partial charge in [0.25, 0.3) is 0 Å². The Morgan fingerprint density at radius 2 is 1.83 bits per heavy atom. The Morgan fingerprint density at radius 1 is 1.07 bits per heavy atom. The number of carbonyl (C=O) groups is 4. The van der Waals surface area contributed by atoms with Crippen molar-refractivity contribution in [1.29, 1.82) is 0 Å². The lowest BCUT2D eigenvalue weighted by Crippen LogP contribution is -2.58. The van der Waals surface area contributed by atoms with Crippen LogP contribution in [-0.2, 0) is 28.7 Å². The van der Waals surface area contributed by atoms with E-state index in [0.717, 1.165) is 19.3 Å². The Bertz CT molecular complexity index is 1330. The van der Waals surface area contributed by atoms with Gasteiger partial charge in [-0.15, -0.1) is 0 Å². The molecule has 1 aromatic rings. The first-order chi connectivity index (χ1) is 22.1. The maximum atomic E-state index is 14.7. The summed E-state index contributed by atoms with van der Waals surface area (Å²) in [5.41, 5.74) is -0.720. The van der Waals surface area contributed by atoms with Crippen LogP contribution in [0.15, 0.2) is 54.6 Å². The van der Waals surface area contributed by atoms with Gasteiger partial charge in [-0.25, -0.2) is 0 Å². The zero-order valence-electron chi connectivity index (χ0n) is 27.5. The zero-order chi connectivity index (χ0) is 33.0. The molecule has 1 spiro atoms. The molecule has 46 heavy (non-hydrogen) atoms.